The van der Waals surface area contributed by atoms with E-state index in [-0.39, 0.29) is 0 Å². The van der Waals surface area contributed by atoms with Crippen LogP contribution in [0.15, 0.2) is 50.5 Å². The predicted octanol–water partition coefficient (Wildman–Crippen LogP) is 4.80. The highest BCUT2D eigenvalue weighted by atomic mass is 79.9. The molecule has 0 saturated carbocycles. The summed E-state index contributed by atoms with van der Waals surface area (Å²) in [7, 11) is 0. The summed E-state index contributed by atoms with van der Waals surface area (Å²) < 4.78 is 1.21. The quantitative estimate of drug-likeness (QED) is 0.730. The fourth-order valence-electron chi connectivity index (χ4n) is 1.11. The van der Waals surface area contributed by atoms with Gasteiger partial charge in [0.15, 0.2) is 0 Å². The van der Waals surface area contributed by atoms with E-state index >= 15 is 0 Å². The van der Waals surface area contributed by atoms with Gasteiger partial charge in [-0.05, 0) is 21.5 Å². The van der Waals surface area contributed by atoms with E-state index in [2.05, 4.69) is 57.0 Å². The van der Waals surface area contributed by atoms with E-state index in [1.807, 2.05) is 11.8 Å². The zero-order chi connectivity index (χ0) is 9.80. The van der Waals surface area contributed by atoms with Crippen LogP contribution in [0.2, 0.25) is 0 Å². The van der Waals surface area contributed by atoms with E-state index in [0.29, 0.717) is 0 Å². The molecule has 0 saturated heterocycles. The van der Waals surface area contributed by atoms with Gasteiger partial charge in [0.05, 0.1) is 0 Å². The van der Waals surface area contributed by atoms with Crippen molar-refractivity contribution in [2.75, 3.05) is 0 Å². The number of hydrogen-bond acceptors (Lipinski definition) is 2. The summed E-state index contributed by atoms with van der Waals surface area (Å²) in [6.07, 6.45) is 0. The summed E-state index contributed by atoms with van der Waals surface area (Å²) in [5, 5.41) is 4.30. The second-order valence-corrected chi connectivity index (χ2v) is 5.47. The van der Waals surface area contributed by atoms with Crippen LogP contribution in [0.4, 0.5) is 0 Å². The first-order valence-corrected chi connectivity index (χ1v) is 6.97. The van der Waals surface area contributed by atoms with Crippen molar-refractivity contribution in [1.29, 1.82) is 0 Å². The van der Waals surface area contributed by atoms with Crippen LogP contribution in [0.1, 0.15) is 5.56 Å². The van der Waals surface area contributed by atoms with Crippen molar-refractivity contribution in [2.45, 2.75) is 10.6 Å². The topological polar surface area (TPSA) is 0 Å². The molecular formula is C11H9BrS2. The minimum Gasteiger partial charge on any atom is -0.150 e. The Morgan fingerprint density at radius 2 is 1.93 bits per heavy atom. The first-order chi connectivity index (χ1) is 6.86. The lowest BCUT2D eigenvalue weighted by molar-refractivity contribution is 1.39. The number of thiophene rings is 1. The summed E-state index contributed by atoms with van der Waals surface area (Å²) in [5.41, 5.74) is 1.37. The van der Waals surface area contributed by atoms with Gasteiger partial charge in [-0.25, -0.2) is 0 Å². The normalized spacial score (nSPS) is 10.4. The molecule has 0 aliphatic heterocycles. The van der Waals surface area contributed by atoms with Gasteiger partial charge in [-0.15, -0.1) is 11.8 Å². The molecule has 0 spiro atoms. The highest BCUT2D eigenvalue weighted by molar-refractivity contribution is 9.10. The van der Waals surface area contributed by atoms with Gasteiger partial charge in [-0.1, -0.05) is 30.3 Å². The highest BCUT2D eigenvalue weighted by Gasteiger charge is 2.01. The number of halogens is 1. The van der Waals surface area contributed by atoms with Gasteiger partial charge in [0.1, 0.15) is 0 Å². The van der Waals surface area contributed by atoms with Crippen molar-refractivity contribution in [3.63, 3.8) is 0 Å². The van der Waals surface area contributed by atoms with Crippen molar-refractivity contribution in [1.82, 2.24) is 0 Å². The maximum Gasteiger partial charge on any atom is 0.0418 e. The smallest absolute Gasteiger partial charge is 0.0418 e. The summed E-state index contributed by atoms with van der Waals surface area (Å²) in [6, 6.07) is 10.5. The lowest BCUT2D eigenvalue weighted by atomic mass is 10.2. The average molecular weight is 285 g/mol. The van der Waals surface area contributed by atoms with E-state index in [9.17, 15) is 0 Å². The highest BCUT2D eigenvalue weighted by Crippen LogP contribution is 2.32. The molecule has 0 unspecified atom stereocenters. The zero-order valence-electron chi connectivity index (χ0n) is 7.44. The standard InChI is InChI=1S/C11H9BrS2/c12-10-7-13-8-11(10)14-6-9-4-2-1-3-5-9/h1-5,7-8H,6H2. The number of hydrogen-bond donors (Lipinski definition) is 0. The molecule has 0 nitrogen and oxygen atoms in total. The Kier molecular flexibility index (Phi) is 3.67. The van der Waals surface area contributed by atoms with Gasteiger partial charge in [0.2, 0.25) is 0 Å². The third-order valence-corrected chi connectivity index (χ3v) is 5.06. The molecule has 1 aromatic heterocycles. The van der Waals surface area contributed by atoms with E-state index in [1.165, 1.54) is 14.9 Å². The third kappa shape index (κ3) is 2.62. The molecular weight excluding hydrogens is 276 g/mol. The van der Waals surface area contributed by atoms with E-state index in [4.69, 9.17) is 0 Å². The zero-order valence-corrected chi connectivity index (χ0v) is 10.7. The Morgan fingerprint density at radius 1 is 1.14 bits per heavy atom. The molecule has 0 aliphatic carbocycles. The van der Waals surface area contributed by atoms with Gasteiger partial charge in [-0.2, -0.15) is 11.3 Å². The number of benzene rings is 1. The van der Waals surface area contributed by atoms with E-state index < -0.39 is 0 Å². The molecule has 0 fully saturated rings. The van der Waals surface area contributed by atoms with E-state index in [0.717, 1.165) is 5.75 Å². The lowest BCUT2D eigenvalue weighted by Gasteiger charge is -1.99. The van der Waals surface area contributed by atoms with Gasteiger partial charge >= 0.3 is 0 Å². The summed E-state index contributed by atoms with van der Waals surface area (Å²) in [5.74, 6) is 1.04. The SMILES string of the molecule is Brc1cscc1SCc1ccccc1. The molecule has 0 N–H and O–H groups in total. The van der Waals surface area contributed by atoms with Gasteiger partial charge in [0, 0.05) is 25.9 Å². The van der Waals surface area contributed by atoms with Crippen LogP contribution >= 0.6 is 39.0 Å². The van der Waals surface area contributed by atoms with Crippen LogP contribution in [-0.2, 0) is 5.75 Å². The van der Waals surface area contributed by atoms with Crippen molar-refractivity contribution >= 4 is 39.0 Å². The van der Waals surface area contributed by atoms with Gasteiger partial charge in [-0.3, -0.25) is 0 Å². The number of thioether (sulfide) groups is 1. The molecule has 1 heterocycles. The maximum absolute atomic E-state index is 3.53. The Morgan fingerprint density at radius 3 is 2.57 bits per heavy atom. The monoisotopic (exact) mass is 284 g/mol. The largest absolute Gasteiger partial charge is 0.150 e. The van der Waals surface area contributed by atoms with Crippen LogP contribution in [-0.4, -0.2) is 0 Å². The molecule has 0 radical (unpaired) electrons. The molecule has 0 atom stereocenters. The van der Waals surface area contributed by atoms with Crippen molar-refractivity contribution < 1.29 is 0 Å². The molecule has 14 heavy (non-hydrogen) atoms. The van der Waals surface area contributed by atoms with Crippen LogP contribution in [0.3, 0.4) is 0 Å². The van der Waals surface area contributed by atoms with Gasteiger partial charge in [0.25, 0.3) is 0 Å². The van der Waals surface area contributed by atoms with Crippen LogP contribution in [0.5, 0.6) is 0 Å². The summed E-state index contributed by atoms with van der Waals surface area (Å²) in [4.78, 5) is 1.33. The molecule has 2 aromatic rings. The van der Waals surface area contributed by atoms with Crippen molar-refractivity contribution in [3.05, 3.63) is 51.1 Å². The minimum absolute atomic E-state index is 1.04. The third-order valence-electron chi connectivity index (χ3n) is 1.82. The van der Waals surface area contributed by atoms with Crippen molar-refractivity contribution in [2.24, 2.45) is 0 Å². The maximum atomic E-state index is 3.53. The fraction of sp³-hybridized carbons (Fsp3) is 0.0909. The molecule has 0 aliphatic rings. The predicted molar refractivity (Wildman–Crippen MR) is 68.0 cm³/mol. The second-order valence-electron chi connectivity index (χ2n) is 2.86. The molecule has 0 amide bonds. The first kappa shape index (κ1) is 10.3. The Balaban J connectivity index is 1.99. The first-order valence-electron chi connectivity index (χ1n) is 4.24. The molecule has 3 heteroatoms. The Labute approximate surface area is 100 Å². The Hall–Kier alpha value is -0.250. The number of rotatable bonds is 3. The Bertz CT molecular complexity index is 395. The van der Waals surface area contributed by atoms with Crippen LogP contribution in [0, 0.1) is 0 Å². The second kappa shape index (κ2) is 5.01. The van der Waals surface area contributed by atoms with Crippen LogP contribution < -0.4 is 0 Å². The summed E-state index contributed by atoms with van der Waals surface area (Å²) in [6.45, 7) is 0. The fourth-order valence-corrected chi connectivity index (χ4v) is 3.83. The lowest BCUT2D eigenvalue weighted by Crippen LogP contribution is -1.77. The minimum atomic E-state index is 1.04. The molecule has 1 aromatic carbocycles. The van der Waals surface area contributed by atoms with Crippen molar-refractivity contribution in [3.8, 4) is 0 Å². The average Bonchev–Trinajstić information content (AvgIpc) is 2.63. The summed E-state index contributed by atoms with van der Waals surface area (Å²) >= 11 is 7.13. The molecule has 2 rings (SSSR count). The molecule has 0 bridgehead atoms. The van der Waals surface area contributed by atoms with Gasteiger partial charge < -0.3 is 0 Å². The van der Waals surface area contributed by atoms with Crippen LogP contribution in [0.25, 0.3) is 0 Å². The molecule has 72 valence electrons. The van der Waals surface area contributed by atoms with E-state index in [1.54, 1.807) is 11.3 Å².